The van der Waals surface area contributed by atoms with Crippen molar-refractivity contribution in [2.75, 3.05) is 9.80 Å². The summed E-state index contributed by atoms with van der Waals surface area (Å²) in [5.74, 6) is 0. The highest BCUT2D eigenvalue weighted by Crippen LogP contribution is 2.56. The molecule has 60 heavy (non-hydrogen) atoms. The third-order valence-electron chi connectivity index (χ3n) is 16.5. The normalized spacial score (nSPS) is 18.3. The van der Waals surface area contributed by atoms with Crippen LogP contribution in [0, 0.1) is 13.8 Å². The van der Waals surface area contributed by atoms with Gasteiger partial charge in [-0.25, -0.2) is 0 Å². The average Bonchev–Trinajstić information content (AvgIpc) is 3.22. The standard InChI is InChI=1S/C56H50B2N2/c1-31-27-28-40-48-42(31)53(3,4)35-23-17-24-36-46(35)57(48)50-43(54(36,5)6)32(2)44-51-52(50)60(40)41-30-29-39(59(33-19-13-11-14-20-33)34-21-15-12-16-22-34)45-49(41)58(51)47-37(55(44,7)8)25-18-26-38(47)56(45,9)10/h11-30H,1-10H3. The molecule has 0 unspecified atom stereocenters. The molecule has 0 aliphatic carbocycles. The molecule has 0 spiro atoms. The number of anilines is 6. The van der Waals surface area contributed by atoms with Crippen LogP contribution in [0.25, 0.3) is 0 Å². The van der Waals surface area contributed by atoms with Gasteiger partial charge in [0, 0.05) is 55.8 Å². The highest BCUT2D eigenvalue weighted by atomic mass is 15.2. The van der Waals surface area contributed by atoms with Gasteiger partial charge in [-0.1, -0.05) is 145 Å². The van der Waals surface area contributed by atoms with E-state index in [4.69, 9.17) is 0 Å². The van der Waals surface area contributed by atoms with Crippen LogP contribution in [0.5, 0.6) is 0 Å². The Morgan fingerprint density at radius 1 is 0.400 bits per heavy atom. The minimum Gasteiger partial charge on any atom is -0.312 e. The summed E-state index contributed by atoms with van der Waals surface area (Å²) in [5, 5.41) is 0. The van der Waals surface area contributed by atoms with Gasteiger partial charge in [0.2, 0.25) is 13.4 Å². The third-order valence-corrected chi connectivity index (χ3v) is 16.5. The Morgan fingerprint density at radius 2 is 0.817 bits per heavy atom. The van der Waals surface area contributed by atoms with Crippen LogP contribution >= 0.6 is 0 Å². The number of fused-ring (bicyclic) bond motifs is 2. The fourth-order valence-corrected chi connectivity index (χ4v) is 14.6. The van der Waals surface area contributed by atoms with Gasteiger partial charge >= 0.3 is 0 Å². The summed E-state index contributed by atoms with van der Waals surface area (Å²) in [6, 6.07) is 46.6. The monoisotopic (exact) mass is 772 g/mol. The average molecular weight is 773 g/mol. The van der Waals surface area contributed by atoms with Crippen molar-refractivity contribution < 1.29 is 0 Å². The molecular weight excluding hydrogens is 722 g/mol. The van der Waals surface area contributed by atoms with E-state index in [1.165, 1.54) is 89.6 Å². The van der Waals surface area contributed by atoms with Crippen LogP contribution in [0.2, 0.25) is 0 Å². The molecule has 0 fully saturated rings. The maximum Gasteiger partial charge on any atom is 0.248 e. The molecule has 0 saturated heterocycles. The zero-order chi connectivity index (χ0) is 41.2. The molecule has 0 N–H and O–H groups in total. The van der Waals surface area contributed by atoms with E-state index in [0.717, 1.165) is 0 Å². The highest BCUT2D eigenvalue weighted by Gasteiger charge is 2.60. The Bertz CT molecular complexity index is 3100. The molecular formula is C56H50B2N2. The minimum absolute atomic E-state index is 0.118. The highest BCUT2D eigenvalue weighted by molar-refractivity contribution is 7.04. The Balaban J connectivity index is 1.25. The number of hydrogen-bond donors (Lipinski definition) is 0. The second-order valence-electron chi connectivity index (χ2n) is 20.9. The largest absolute Gasteiger partial charge is 0.312 e. The van der Waals surface area contributed by atoms with Crippen LogP contribution in [-0.2, 0) is 21.7 Å². The zero-order valence-electron chi connectivity index (χ0n) is 36.6. The van der Waals surface area contributed by atoms with Crippen LogP contribution < -0.4 is 42.6 Å². The van der Waals surface area contributed by atoms with Crippen molar-refractivity contribution in [3.8, 4) is 0 Å². The van der Waals surface area contributed by atoms with Gasteiger partial charge in [0.05, 0.1) is 0 Å². The Morgan fingerprint density at radius 3 is 1.30 bits per heavy atom. The number of nitrogens with zero attached hydrogens (tertiary/aromatic N) is 2. The van der Waals surface area contributed by atoms with Gasteiger partial charge in [-0.3, -0.25) is 0 Å². The molecule has 0 aromatic heterocycles. The van der Waals surface area contributed by atoms with Crippen molar-refractivity contribution in [3.05, 3.63) is 177 Å². The molecule has 0 radical (unpaired) electrons. The molecule has 7 aromatic carbocycles. The first kappa shape index (κ1) is 35.1. The van der Waals surface area contributed by atoms with E-state index in [1.54, 1.807) is 33.0 Å². The lowest BCUT2D eigenvalue weighted by Crippen LogP contribution is -2.75. The summed E-state index contributed by atoms with van der Waals surface area (Å²) in [4.78, 5) is 5.33. The molecule has 290 valence electrons. The van der Waals surface area contributed by atoms with Crippen molar-refractivity contribution >= 4 is 80.3 Å². The van der Waals surface area contributed by atoms with Crippen molar-refractivity contribution in [1.82, 2.24) is 0 Å². The quantitative estimate of drug-likeness (QED) is 0.165. The van der Waals surface area contributed by atoms with E-state index >= 15 is 0 Å². The van der Waals surface area contributed by atoms with Gasteiger partial charge in [-0.2, -0.15) is 0 Å². The molecule has 6 heterocycles. The number of hydrogen-bond acceptors (Lipinski definition) is 2. The number of benzene rings is 7. The van der Waals surface area contributed by atoms with Crippen LogP contribution in [0.4, 0.5) is 34.1 Å². The van der Waals surface area contributed by atoms with Gasteiger partial charge in [0.15, 0.2) is 0 Å². The fraction of sp³-hybridized carbons (Fsp3) is 0.250. The summed E-state index contributed by atoms with van der Waals surface area (Å²) in [6.45, 7) is 25.3. The molecule has 0 atom stereocenters. The van der Waals surface area contributed by atoms with Crippen LogP contribution in [0.3, 0.4) is 0 Å². The molecule has 2 nitrogen and oxygen atoms in total. The maximum absolute atomic E-state index is 2.80. The molecule has 6 aliphatic heterocycles. The van der Waals surface area contributed by atoms with Crippen molar-refractivity contribution in [3.63, 3.8) is 0 Å². The number of para-hydroxylation sites is 2. The Hall–Kier alpha value is -5.73. The first-order valence-corrected chi connectivity index (χ1v) is 22.2. The fourth-order valence-electron chi connectivity index (χ4n) is 14.6. The number of rotatable bonds is 3. The summed E-state index contributed by atoms with van der Waals surface area (Å²) in [6.07, 6.45) is 0. The molecule has 0 amide bonds. The lowest BCUT2D eigenvalue weighted by molar-refractivity contribution is 0.601. The first-order chi connectivity index (χ1) is 28.7. The second-order valence-corrected chi connectivity index (χ2v) is 20.9. The Labute approximate surface area is 356 Å². The van der Waals surface area contributed by atoms with E-state index in [0.29, 0.717) is 0 Å². The predicted molar refractivity (Wildman–Crippen MR) is 256 cm³/mol. The Kier molecular flexibility index (Phi) is 6.29. The molecule has 6 aliphatic rings. The lowest BCUT2D eigenvalue weighted by atomic mass is 9.21. The summed E-state index contributed by atoms with van der Waals surface area (Å²) in [5.41, 5.74) is 31.1. The van der Waals surface area contributed by atoms with E-state index in [1.807, 2.05) is 0 Å². The lowest BCUT2D eigenvalue weighted by Gasteiger charge is -2.58. The molecule has 4 heteroatoms. The second kappa shape index (κ2) is 10.8. The minimum atomic E-state index is -0.290. The van der Waals surface area contributed by atoms with Gasteiger partial charge in [0.25, 0.3) is 0 Å². The van der Waals surface area contributed by atoms with Gasteiger partial charge in [0.1, 0.15) is 0 Å². The van der Waals surface area contributed by atoms with E-state index in [-0.39, 0.29) is 35.1 Å². The third kappa shape index (κ3) is 3.72. The number of aryl methyl sites for hydroxylation is 1. The summed E-state index contributed by atoms with van der Waals surface area (Å²) >= 11 is 0. The van der Waals surface area contributed by atoms with Crippen LogP contribution in [0.1, 0.15) is 111 Å². The smallest absolute Gasteiger partial charge is 0.248 e. The van der Waals surface area contributed by atoms with Gasteiger partial charge in [-0.05, 0) is 134 Å². The summed E-state index contributed by atoms with van der Waals surface area (Å²) < 4.78 is 0. The predicted octanol–water partition coefficient (Wildman–Crippen LogP) is 9.46. The van der Waals surface area contributed by atoms with Gasteiger partial charge < -0.3 is 9.80 Å². The SMILES string of the molecule is Cc1ccc2c3c1C(C)(C)c1cccc4c1B3c1c3c5c(c(C)c1C4(C)C)C(C)(C)c1cccc4c1B5c1c(ccc(N(c5ccccc5)c5ccccc5)c1C4(C)C)N23. The zero-order valence-corrected chi connectivity index (χ0v) is 36.6. The summed E-state index contributed by atoms with van der Waals surface area (Å²) in [7, 11) is 0. The van der Waals surface area contributed by atoms with E-state index in [9.17, 15) is 0 Å². The van der Waals surface area contributed by atoms with E-state index < -0.39 is 0 Å². The van der Waals surface area contributed by atoms with Crippen LogP contribution in [-0.4, -0.2) is 13.4 Å². The molecule has 13 rings (SSSR count). The topological polar surface area (TPSA) is 6.48 Å². The molecule has 7 aromatic rings. The van der Waals surface area contributed by atoms with Crippen molar-refractivity contribution in [2.24, 2.45) is 0 Å². The van der Waals surface area contributed by atoms with Gasteiger partial charge in [-0.15, -0.1) is 0 Å². The molecule has 0 saturated carbocycles. The van der Waals surface area contributed by atoms with Crippen molar-refractivity contribution in [2.45, 2.75) is 90.9 Å². The maximum atomic E-state index is 2.80. The molecule has 0 bridgehead atoms. The first-order valence-electron chi connectivity index (χ1n) is 22.2. The van der Waals surface area contributed by atoms with Crippen LogP contribution in [0.15, 0.2) is 121 Å². The van der Waals surface area contributed by atoms with Crippen molar-refractivity contribution in [1.29, 1.82) is 0 Å². The van der Waals surface area contributed by atoms with E-state index in [2.05, 4.69) is 200 Å².